The van der Waals surface area contributed by atoms with E-state index in [1.807, 2.05) is 36.4 Å². The highest BCUT2D eigenvalue weighted by molar-refractivity contribution is 5.89. The average Bonchev–Trinajstić information content (AvgIpc) is 2.99. The van der Waals surface area contributed by atoms with Crippen LogP contribution in [0, 0.1) is 5.41 Å². The minimum absolute atomic E-state index is 0.0143. The fourth-order valence-electron chi connectivity index (χ4n) is 3.80. The first-order valence-electron chi connectivity index (χ1n) is 8.53. The smallest absolute Gasteiger partial charge is 0.338 e. The maximum Gasteiger partial charge on any atom is 0.338 e. The molecule has 0 N–H and O–H groups in total. The van der Waals surface area contributed by atoms with Crippen molar-refractivity contribution in [3.63, 3.8) is 0 Å². The third-order valence-electron chi connectivity index (χ3n) is 5.19. The lowest BCUT2D eigenvalue weighted by molar-refractivity contribution is -0.00707. The number of carbonyl (C=O) groups is 1. The van der Waals surface area contributed by atoms with Crippen LogP contribution >= 0.6 is 0 Å². The van der Waals surface area contributed by atoms with Gasteiger partial charge in [0, 0.05) is 5.41 Å². The second kappa shape index (κ2) is 6.99. The molecule has 0 aliphatic heterocycles. The zero-order chi connectivity index (χ0) is 16.1. The van der Waals surface area contributed by atoms with E-state index in [0.717, 1.165) is 32.1 Å². The molecule has 3 rings (SSSR count). The molecule has 0 heterocycles. The molecule has 0 amide bonds. The predicted molar refractivity (Wildman–Crippen MR) is 92.4 cm³/mol. The lowest BCUT2D eigenvalue weighted by atomic mass is 9.76. The number of rotatable bonds is 5. The summed E-state index contributed by atoms with van der Waals surface area (Å²) in [6, 6.07) is 19.9. The number of benzene rings is 2. The van der Waals surface area contributed by atoms with Gasteiger partial charge in [0.15, 0.2) is 0 Å². The first-order valence-corrected chi connectivity index (χ1v) is 8.53. The summed E-state index contributed by atoms with van der Waals surface area (Å²) in [5.74, 6) is -0.191. The summed E-state index contributed by atoms with van der Waals surface area (Å²) in [5.41, 5.74) is 2.05. The molecule has 2 aromatic rings. The van der Waals surface area contributed by atoms with Crippen LogP contribution in [0.15, 0.2) is 60.7 Å². The highest BCUT2D eigenvalue weighted by Gasteiger charge is 2.43. The third kappa shape index (κ3) is 3.47. The van der Waals surface area contributed by atoms with Crippen LogP contribution < -0.4 is 0 Å². The molecule has 120 valence electrons. The number of hydrogen-bond acceptors (Lipinski definition) is 2. The molecule has 2 nitrogen and oxygen atoms in total. The van der Waals surface area contributed by atoms with E-state index in [2.05, 4.69) is 31.2 Å². The van der Waals surface area contributed by atoms with Crippen LogP contribution in [0.25, 0.3) is 0 Å². The molecule has 0 bridgehead atoms. The van der Waals surface area contributed by atoms with E-state index in [4.69, 9.17) is 4.74 Å². The van der Waals surface area contributed by atoms with Crippen molar-refractivity contribution in [2.24, 2.45) is 5.41 Å². The van der Waals surface area contributed by atoms with Crippen LogP contribution in [-0.4, -0.2) is 12.1 Å². The Bertz CT molecular complexity index is 635. The van der Waals surface area contributed by atoms with E-state index < -0.39 is 0 Å². The van der Waals surface area contributed by atoms with Gasteiger partial charge in [-0.15, -0.1) is 0 Å². The van der Waals surface area contributed by atoms with Crippen molar-refractivity contribution >= 4 is 5.97 Å². The van der Waals surface area contributed by atoms with E-state index in [1.54, 1.807) is 0 Å². The minimum Gasteiger partial charge on any atom is -0.458 e. The molecule has 23 heavy (non-hydrogen) atoms. The van der Waals surface area contributed by atoms with Crippen LogP contribution in [0.4, 0.5) is 0 Å². The summed E-state index contributed by atoms with van der Waals surface area (Å²) < 4.78 is 5.94. The van der Waals surface area contributed by atoms with Crippen molar-refractivity contribution in [1.29, 1.82) is 0 Å². The summed E-state index contributed by atoms with van der Waals surface area (Å²) in [6.45, 7) is 2.22. The van der Waals surface area contributed by atoms with Gasteiger partial charge >= 0.3 is 5.97 Å². The SMILES string of the molecule is CCC1(Cc2ccccc2)CCCC1OC(=O)c1ccccc1. The molecule has 1 aliphatic carbocycles. The Labute approximate surface area is 138 Å². The quantitative estimate of drug-likeness (QED) is 0.724. The summed E-state index contributed by atoms with van der Waals surface area (Å²) in [5, 5.41) is 0. The zero-order valence-electron chi connectivity index (χ0n) is 13.7. The molecule has 0 spiro atoms. The standard InChI is InChI=1S/C21H24O2/c1-2-21(16-17-10-5-3-6-11-17)15-9-14-19(21)23-20(22)18-12-7-4-8-13-18/h3-8,10-13,19H,2,9,14-16H2,1H3. The van der Waals surface area contributed by atoms with E-state index in [0.29, 0.717) is 5.56 Å². The monoisotopic (exact) mass is 308 g/mol. The summed E-state index contributed by atoms with van der Waals surface area (Å²) >= 11 is 0. The van der Waals surface area contributed by atoms with Gasteiger partial charge < -0.3 is 4.74 Å². The molecular weight excluding hydrogens is 284 g/mol. The Kier molecular flexibility index (Phi) is 4.80. The summed E-state index contributed by atoms with van der Waals surface area (Å²) in [4.78, 5) is 12.4. The largest absolute Gasteiger partial charge is 0.458 e. The van der Waals surface area contributed by atoms with E-state index >= 15 is 0 Å². The molecule has 2 heteroatoms. The maximum absolute atomic E-state index is 12.4. The maximum atomic E-state index is 12.4. The van der Waals surface area contributed by atoms with Gasteiger partial charge in [0.25, 0.3) is 0 Å². The molecule has 1 fully saturated rings. The average molecular weight is 308 g/mol. The third-order valence-corrected chi connectivity index (χ3v) is 5.19. The van der Waals surface area contributed by atoms with Crippen molar-refractivity contribution in [1.82, 2.24) is 0 Å². The van der Waals surface area contributed by atoms with Gasteiger partial charge in [-0.2, -0.15) is 0 Å². The zero-order valence-corrected chi connectivity index (χ0v) is 13.7. The summed E-state index contributed by atoms with van der Waals surface area (Å²) in [6.07, 6.45) is 5.27. The Morgan fingerprint density at radius 2 is 1.74 bits per heavy atom. The molecular formula is C21H24O2. The molecule has 2 aromatic carbocycles. The highest BCUT2D eigenvalue weighted by atomic mass is 16.5. The van der Waals surface area contributed by atoms with Crippen molar-refractivity contribution in [3.8, 4) is 0 Å². The van der Waals surface area contributed by atoms with Crippen LogP contribution in [-0.2, 0) is 11.2 Å². The first-order chi connectivity index (χ1) is 11.2. The van der Waals surface area contributed by atoms with Crippen LogP contribution in [0.5, 0.6) is 0 Å². The van der Waals surface area contributed by atoms with Crippen LogP contribution in [0.3, 0.4) is 0 Å². The van der Waals surface area contributed by atoms with Crippen LogP contribution in [0.2, 0.25) is 0 Å². The van der Waals surface area contributed by atoms with E-state index in [1.165, 1.54) is 5.56 Å². The highest BCUT2D eigenvalue weighted by Crippen LogP contribution is 2.45. The van der Waals surface area contributed by atoms with Gasteiger partial charge in [0.05, 0.1) is 5.56 Å². The number of hydrogen-bond donors (Lipinski definition) is 0. The molecule has 0 radical (unpaired) electrons. The Morgan fingerprint density at radius 1 is 1.09 bits per heavy atom. The second-order valence-electron chi connectivity index (χ2n) is 6.53. The molecule has 1 saturated carbocycles. The minimum atomic E-state index is -0.191. The Hall–Kier alpha value is -2.09. The van der Waals surface area contributed by atoms with Gasteiger partial charge in [-0.05, 0) is 49.8 Å². The number of esters is 1. The normalized spacial score (nSPS) is 23.6. The fourth-order valence-corrected chi connectivity index (χ4v) is 3.80. The van der Waals surface area contributed by atoms with Crippen molar-refractivity contribution in [3.05, 3.63) is 71.8 Å². The fraction of sp³-hybridized carbons (Fsp3) is 0.381. The number of carbonyl (C=O) groups excluding carboxylic acids is 1. The molecule has 0 aromatic heterocycles. The van der Waals surface area contributed by atoms with Crippen molar-refractivity contribution in [2.45, 2.75) is 45.1 Å². The van der Waals surface area contributed by atoms with Gasteiger partial charge in [0.2, 0.25) is 0 Å². The molecule has 2 unspecified atom stereocenters. The van der Waals surface area contributed by atoms with Gasteiger partial charge in [-0.1, -0.05) is 55.5 Å². The van der Waals surface area contributed by atoms with Crippen LogP contribution in [0.1, 0.15) is 48.5 Å². The van der Waals surface area contributed by atoms with E-state index in [-0.39, 0.29) is 17.5 Å². The van der Waals surface area contributed by atoms with Crippen molar-refractivity contribution < 1.29 is 9.53 Å². The van der Waals surface area contributed by atoms with E-state index in [9.17, 15) is 4.79 Å². The second-order valence-corrected chi connectivity index (χ2v) is 6.53. The van der Waals surface area contributed by atoms with Gasteiger partial charge in [-0.3, -0.25) is 0 Å². The molecule has 2 atom stereocenters. The lowest BCUT2D eigenvalue weighted by Gasteiger charge is -2.34. The Balaban J connectivity index is 1.76. The van der Waals surface area contributed by atoms with Crippen molar-refractivity contribution in [2.75, 3.05) is 0 Å². The molecule has 0 saturated heterocycles. The lowest BCUT2D eigenvalue weighted by Crippen LogP contribution is -2.35. The van der Waals surface area contributed by atoms with Gasteiger partial charge in [0.1, 0.15) is 6.10 Å². The summed E-state index contributed by atoms with van der Waals surface area (Å²) in [7, 11) is 0. The predicted octanol–water partition coefficient (Wildman–Crippen LogP) is 5.04. The number of ether oxygens (including phenoxy) is 1. The molecule has 1 aliphatic rings. The first kappa shape index (κ1) is 15.8. The topological polar surface area (TPSA) is 26.3 Å². The Morgan fingerprint density at radius 3 is 2.39 bits per heavy atom. The van der Waals surface area contributed by atoms with Gasteiger partial charge in [-0.25, -0.2) is 4.79 Å².